The lowest BCUT2D eigenvalue weighted by atomic mass is 9.35. The van der Waals surface area contributed by atoms with Crippen LogP contribution in [0.2, 0.25) is 0 Å². The van der Waals surface area contributed by atoms with E-state index < -0.39 is 29.7 Å². The van der Waals surface area contributed by atoms with Crippen molar-refractivity contribution in [2.75, 3.05) is 45.1 Å². The fraction of sp³-hybridized carbons (Fsp3) is 0.447. The molecule has 3 aliphatic carbocycles. The molecule has 0 spiro atoms. The first-order chi connectivity index (χ1) is 25.5. The molecule has 3 aliphatic heterocycles. The van der Waals surface area contributed by atoms with E-state index in [-0.39, 0.29) is 58.2 Å². The van der Waals surface area contributed by atoms with E-state index in [4.69, 9.17) is 15.2 Å². The number of nitrogens with two attached hydrogens (primary N) is 1. The first kappa shape index (κ1) is 34.5. The summed E-state index contributed by atoms with van der Waals surface area (Å²) in [5.41, 5.74) is 7.67. The second-order valence-electron chi connectivity index (χ2n) is 15.2. The molecule has 0 radical (unpaired) electrons. The number of fused-ring (bicyclic) bond motifs is 1. The van der Waals surface area contributed by atoms with Crippen LogP contribution in [0.5, 0.6) is 17.2 Å². The maximum Gasteiger partial charge on any atom is 0.262 e. The van der Waals surface area contributed by atoms with Crippen molar-refractivity contribution in [1.29, 1.82) is 0 Å². The van der Waals surface area contributed by atoms with Crippen LogP contribution in [0.4, 0.5) is 5.82 Å². The molecule has 3 saturated carbocycles. The van der Waals surface area contributed by atoms with Crippen molar-refractivity contribution < 1.29 is 38.6 Å². The number of ether oxygens (including phenoxy) is 2. The summed E-state index contributed by atoms with van der Waals surface area (Å²) in [6.45, 7) is 3.72. The van der Waals surface area contributed by atoms with Gasteiger partial charge in [-0.1, -0.05) is 12.1 Å². The van der Waals surface area contributed by atoms with E-state index in [2.05, 4.69) is 25.7 Å². The number of aromatic nitrogens is 2. The number of piperidine rings is 2. The van der Waals surface area contributed by atoms with Gasteiger partial charge in [0.1, 0.15) is 29.8 Å². The summed E-state index contributed by atoms with van der Waals surface area (Å²) in [6.07, 6.45) is 4.62. The Hall–Kier alpha value is -5.57. The standard InChI is InChI=1S/C38H41N7O8/c39-32-30(16-27(42-43-32)25-3-1-2-4-29(25)46)53-21-38-17-37(18-38,19-38)20-40-33(48)22-9-11-44(12-10-22)13-14-52-23-5-6-24-26(15-23)36(51)45(35(24)50)28-7-8-31(47)41-34(28)49/h1-6,15-16,22,28,46H,7-14,17-21H2,(H2,39,43)(H,40,48)(H,41,47,49). The van der Waals surface area contributed by atoms with Gasteiger partial charge in [-0.25, -0.2) is 0 Å². The van der Waals surface area contributed by atoms with Crippen LogP contribution in [0, 0.1) is 16.7 Å². The zero-order valence-corrected chi connectivity index (χ0v) is 29.1. The summed E-state index contributed by atoms with van der Waals surface area (Å²) in [5, 5.41) is 23.7. The number of carbonyl (C=O) groups excluding carboxylic acids is 5. The van der Waals surface area contributed by atoms with E-state index in [1.165, 1.54) is 12.1 Å². The summed E-state index contributed by atoms with van der Waals surface area (Å²) in [7, 11) is 0. The minimum Gasteiger partial charge on any atom is -0.507 e. The van der Waals surface area contributed by atoms with Crippen molar-refractivity contribution in [1.82, 2.24) is 30.6 Å². The minimum absolute atomic E-state index is 0.0372. The van der Waals surface area contributed by atoms with Crippen LogP contribution in [0.3, 0.4) is 0 Å². The molecule has 6 aliphatic rings. The number of aromatic hydroxyl groups is 1. The van der Waals surface area contributed by atoms with Crippen LogP contribution in [0.1, 0.15) is 65.7 Å². The molecule has 1 atom stereocenters. The Kier molecular flexibility index (Phi) is 8.75. The van der Waals surface area contributed by atoms with Gasteiger partial charge >= 0.3 is 0 Å². The van der Waals surface area contributed by atoms with Crippen LogP contribution in [-0.4, -0.2) is 100 Å². The normalized spacial score (nSPS) is 25.3. The Morgan fingerprint density at radius 1 is 0.925 bits per heavy atom. The Bertz CT molecular complexity index is 1990. The number of nitrogens with zero attached hydrogens (tertiary/aromatic N) is 4. The number of benzene rings is 2. The Morgan fingerprint density at radius 2 is 1.68 bits per heavy atom. The molecule has 5 amide bonds. The average Bonchev–Trinajstić information content (AvgIpc) is 3.36. The number of phenols is 1. The summed E-state index contributed by atoms with van der Waals surface area (Å²) in [5.74, 6) is -0.921. The second kappa shape index (κ2) is 13.4. The number of rotatable bonds is 12. The van der Waals surface area contributed by atoms with E-state index in [1.54, 1.807) is 30.3 Å². The van der Waals surface area contributed by atoms with Crippen molar-refractivity contribution in [2.45, 2.75) is 51.0 Å². The molecule has 15 nitrogen and oxygen atoms in total. The lowest BCUT2D eigenvalue weighted by Crippen LogP contribution is -2.67. The lowest BCUT2D eigenvalue weighted by Gasteiger charge is -2.70. The van der Waals surface area contributed by atoms with Crippen molar-refractivity contribution in [2.24, 2.45) is 16.7 Å². The summed E-state index contributed by atoms with van der Waals surface area (Å²) >= 11 is 0. The van der Waals surface area contributed by atoms with Crippen LogP contribution >= 0.6 is 0 Å². The summed E-state index contributed by atoms with van der Waals surface area (Å²) in [4.78, 5) is 66.2. The molecule has 5 fully saturated rings. The molecule has 2 saturated heterocycles. The van der Waals surface area contributed by atoms with E-state index in [0.29, 0.717) is 49.1 Å². The van der Waals surface area contributed by atoms with Gasteiger partial charge in [-0.15, -0.1) is 10.2 Å². The van der Waals surface area contributed by atoms with Crippen molar-refractivity contribution in [3.8, 4) is 28.5 Å². The quantitative estimate of drug-likeness (QED) is 0.199. The van der Waals surface area contributed by atoms with E-state index in [9.17, 15) is 29.1 Å². The number of nitrogens with one attached hydrogen (secondary N) is 2. The monoisotopic (exact) mass is 723 g/mol. The Labute approximate surface area is 305 Å². The Balaban J connectivity index is 0.740. The number of phenolic OH excluding ortho intramolecular Hbond substituents is 1. The SMILES string of the molecule is Nc1nnc(-c2ccccc2O)cc1OCC12CC(CNC(=O)C3CCN(CCOc4ccc5c(c4)C(=O)N(C4CCC(=O)NC4=O)C5=O)CC3)(C1)C2. The number of amides is 5. The molecule has 53 heavy (non-hydrogen) atoms. The second-order valence-corrected chi connectivity index (χ2v) is 15.2. The highest BCUT2D eigenvalue weighted by Gasteiger charge is 2.67. The highest BCUT2D eigenvalue weighted by Crippen LogP contribution is 2.73. The highest BCUT2D eigenvalue weighted by molar-refractivity contribution is 6.23. The summed E-state index contributed by atoms with van der Waals surface area (Å²) < 4.78 is 12.0. The smallest absolute Gasteiger partial charge is 0.262 e. The third-order valence-electron chi connectivity index (χ3n) is 11.4. The van der Waals surface area contributed by atoms with Gasteiger partial charge in [0.05, 0.1) is 17.7 Å². The van der Waals surface area contributed by atoms with Crippen LogP contribution in [0.25, 0.3) is 11.3 Å². The van der Waals surface area contributed by atoms with E-state index in [1.807, 2.05) is 6.07 Å². The van der Waals surface area contributed by atoms with Crippen LogP contribution in [-0.2, 0) is 14.4 Å². The molecular weight excluding hydrogens is 682 g/mol. The minimum atomic E-state index is -1.01. The number of para-hydroxylation sites is 1. The number of likely N-dealkylation sites (tertiary alicyclic amines) is 1. The number of nitrogen functional groups attached to an aromatic ring is 1. The maximum absolute atomic E-state index is 13.1. The van der Waals surface area contributed by atoms with Crippen molar-refractivity contribution in [3.05, 3.63) is 59.7 Å². The molecular formula is C38H41N7O8. The largest absolute Gasteiger partial charge is 0.507 e. The van der Waals surface area contributed by atoms with Gasteiger partial charge in [0.25, 0.3) is 11.8 Å². The molecule has 2 aromatic carbocycles. The van der Waals surface area contributed by atoms with Gasteiger partial charge in [0.15, 0.2) is 11.6 Å². The zero-order chi connectivity index (χ0) is 36.9. The summed E-state index contributed by atoms with van der Waals surface area (Å²) in [6, 6.07) is 12.3. The van der Waals surface area contributed by atoms with Crippen LogP contribution < -0.4 is 25.8 Å². The molecule has 4 heterocycles. The van der Waals surface area contributed by atoms with Gasteiger partial charge in [0, 0.05) is 42.5 Å². The maximum atomic E-state index is 13.1. The zero-order valence-electron chi connectivity index (χ0n) is 29.1. The van der Waals surface area contributed by atoms with Crippen LogP contribution in [0.15, 0.2) is 48.5 Å². The molecule has 3 aromatic rings. The molecule has 1 aromatic heterocycles. The predicted octanol–water partition coefficient (Wildman–Crippen LogP) is 2.29. The number of imide groups is 2. The fourth-order valence-corrected chi connectivity index (χ4v) is 8.79. The molecule has 5 N–H and O–H groups in total. The lowest BCUT2D eigenvalue weighted by molar-refractivity contribution is -0.215. The average molecular weight is 724 g/mol. The Morgan fingerprint density at radius 3 is 2.43 bits per heavy atom. The third-order valence-corrected chi connectivity index (χ3v) is 11.4. The number of carbonyl (C=O) groups is 5. The number of anilines is 1. The first-order valence-corrected chi connectivity index (χ1v) is 18.1. The van der Waals surface area contributed by atoms with Gasteiger partial charge in [-0.05, 0) is 87.4 Å². The van der Waals surface area contributed by atoms with Gasteiger partial charge in [0.2, 0.25) is 17.7 Å². The first-order valence-electron chi connectivity index (χ1n) is 18.1. The third kappa shape index (κ3) is 6.53. The molecule has 276 valence electrons. The molecule has 15 heteroatoms. The number of hydrogen-bond acceptors (Lipinski definition) is 12. The van der Waals surface area contributed by atoms with Crippen molar-refractivity contribution in [3.63, 3.8) is 0 Å². The predicted molar refractivity (Wildman–Crippen MR) is 189 cm³/mol. The van der Waals surface area contributed by atoms with E-state index in [0.717, 1.165) is 50.1 Å². The molecule has 1 unspecified atom stereocenters. The number of hydrogen-bond donors (Lipinski definition) is 4. The van der Waals surface area contributed by atoms with Gasteiger partial charge in [-0.3, -0.25) is 39.1 Å². The fourth-order valence-electron chi connectivity index (χ4n) is 8.79. The van der Waals surface area contributed by atoms with Gasteiger partial charge in [-0.2, -0.15) is 0 Å². The molecule has 2 bridgehead atoms. The highest BCUT2D eigenvalue weighted by atomic mass is 16.5. The van der Waals surface area contributed by atoms with Crippen molar-refractivity contribution >= 4 is 35.4 Å². The van der Waals surface area contributed by atoms with Gasteiger partial charge < -0.3 is 25.6 Å². The topological polar surface area (TPSA) is 206 Å². The molecule has 9 rings (SSSR count). The van der Waals surface area contributed by atoms with E-state index >= 15 is 0 Å².